The average Bonchev–Trinajstić information content (AvgIpc) is 3.03. The van der Waals surface area contributed by atoms with Crippen molar-refractivity contribution in [2.45, 2.75) is 39.2 Å². The molecule has 1 N–H and O–H groups in total. The molecule has 4 nitrogen and oxygen atoms in total. The van der Waals surface area contributed by atoms with Crippen LogP contribution in [-0.2, 0) is 19.9 Å². The summed E-state index contributed by atoms with van der Waals surface area (Å²) in [6, 6.07) is 2.58. The molecule has 0 aliphatic carbocycles. The number of nitrogens with one attached hydrogen (secondary N) is 1. The first-order valence-electron chi connectivity index (χ1n) is 6.88. The Morgan fingerprint density at radius 3 is 2.89 bits per heavy atom. The van der Waals surface area contributed by atoms with E-state index in [9.17, 15) is 0 Å². The molecular formula is C14H22N4S. The van der Waals surface area contributed by atoms with Crippen molar-refractivity contribution in [2.75, 3.05) is 6.54 Å². The lowest BCUT2D eigenvalue weighted by Crippen LogP contribution is -2.25. The Morgan fingerprint density at radius 2 is 2.26 bits per heavy atom. The van der Waals surface area contributed by atoms with Gasteiger partial charge in [0, 0.05) is 24.4 Å². The molecule has 0 amide bonds. The van der Waals surface area contributed by atoms with Gasteiger partial charge in [0.1, 0.15) is 12.2 Å². The highest BCUT2D eigenvalue weighted by Crippen LogP contribution is 2.27. The zero-order chi connectivity index (χ0) is 13.7. The number of thiophene rings is 1. The third kappa shape index (κ3) is 3.42. The molecule has 2 aromatic rings. The van der Waals surface area contributed by atoms with Crippen LogP contribution in [0.5, 0.6) is 0 Å². The SMILES string of the molecule is CCCNC(Cc1ncnn1C)c1sccc1CC. The maximum atomic E-state index is 4.35. The topological polar surface area (TPSA) is 42.7 Å². The molecule has 104 valence electrons. The van der Waals surface area contributed by atoms with E-state index in [1.54, 1.807) is 6.33 Å². The Balaban J connectivity index is 2.18. The van der Waals surface area contributed by atoms with E-state index in [0.717, 1.165) is 31.6 Å². The van der Waals surface area contributed by atoms with Crippen LogP contribution in [0.4, 0.5) is 0 Å². The molecule has 5 heteroatoms. The first-order chi connectivity index (χ1) is 9.26. The third-order valence-corrected chi connectivity index (χ3v) is 4.38. The summed E-state index contributed by atoms with van der Waals surface area (Å²) in [5.74, 6) is 1.03. The highest BCUT2D eigenvalue weighted by molar-refractivity contribution is 7.10. The van der Waals surface area contributed by atoms with Gasteiger partial charge in [0.15, 0.2) is 0 Å². The van der Waals surface area contributed by atoms with Crippen molar-refractivity contribution < 1.29 is 0 Å². The van der Waals surface area contributed by atoms with Gasteiger partial charge in [0.25, 0.3) is 0 Å². The van der Waals surface area contributed by atoms with E-state index in [2.05, 4.69) is 40.7 Å². The van der Waals surface area contributed by atoms with Crippen LogP contribution in [0.15, 0.2) is 17.8 Å². The molecule has 19 heavy (non-hydrogen) atoms. The molecule has 0 fully saturated rings. The molecule has 1 atom stereocenters. The van der Waals surface area contributed by atoms with E-state index in [1.807, 2.05) is 23.1 Å². The zero-order valence-corrected chi connectivity index (χ0v) is 12.7. The van der Waals surface area contributed by atoms with Crippen LogP contribution in [-0.4, -0.2) is 21.3 Å². The lowest BCUT2D eigenvalue weighted by molar-refractivity contribution is 0.510. The van der Waals surface area contributed by atoms with Gasteiger partial charge in [-0.2, -0.15) is 5.10 Å². The van der Waals surface area contributed by atoms with Gasteiger partial charge in [-0.05, 0) is 36.4 Å². The smallest absolute Gasteiger partial charge is 0.138 e. The van der Waals surface area contributed by atoms with Gasteiger partial charge in [0.05, 0.1) is 0 Å². The largest absolute Gasteiger partial charge is 0.309 e. The minimum absolute atomic E-state index is 0.345. The normalized spacial score (nSPS) is 12.8. The van der Waals surface area contributed by atoms with E-state index < -0.39 is 0 Å². The van der Waals surface area contributed by atoms with Gasteiger partial charge in [-0.1, -0.05) is 13.8 Å². The van der Waals surface area contributed by atoms with Crippen molar-refractivity contribution in [1.29, 1.82) is 0 Å². The summed E-state index contributed by atoms with van der Waals surface area (Å²) in [4.78, 5) is 5.79. The standard InChI is InChI=1S/C14H22N4S/c1-4-7-15-12(9-13-16-10-17-18(13)3)14-11(5-2)6-8-19-14/h6,8,10,12,15H,4-5,7,9H2,1-3H3. The Morgan fingerprint density at radius 1 is 1.42 bits per heavy atom. The number of aryl methyl sites for hydroxylation is 2. The highest BCUT2D eigenvalue weighted by Gasteiger charge is 2.18. The Labute approximate surface area is 118 Å². The van der Waals surface area contributed by atoms with Gasteiger partial charge in [0.2, 0.25) is 0 Å². The molecule has 2 rings (SSSR count). The molecule has 2 heterocycles. The lowest BCUT2D eigenvalue weighted by atomic mass is 10.1. The summed E-state index contributed by atoms with van der Waals surface area (Å²) >= 11 is 1.84. The van der Waals surface area contributed by atoms with Gasteiger partial charge >= 0.3 is 0 Å². The first-order valence-corrected chi connectivity index (χ1v) is 7.76. The molecule has 0 saturated heterocycles. The molecular weight excluding hydrogens is 256 g/mol. The Kier molecular flexibility index (Phi) is 5.10. The predicted octanol–water partition coefficient (Wildman–Crippen LogP) is 2.72. The second-order valence-electron chi connectivity index (χ2n) is 4.67. The molecule has 0 saturated carbocycles. The summed E-state index contributed by atoms with van der Waals surface area (Å²) in [7, 11) is 1.95. The summed E-state index contributed by atoms with van der Waals surface area (Å²) in [6.45, 7) is 5.44. The lowest BCUT2D eigenvalue weighted by Gasteiger charge is -2.18. The molecule has 0 aliphatic heterocycles. The van der Waals surface area contributed by atoms with Gasteiger partial charge in [-0.3, -0.25) is 4.68 Å². The van der Waals surface area contributed by atoms with E-state index in [-0.39, 0.29) is 0 Å². The third-order valence-electron chi connectivity index (χ3n) is 3.31. The molecule has 0 aromatic carbocycles. The maximum absolute atomic E-state index is 4.35. The number of rotatable bonds is 7. The van der Waals surface area contributed by atoms with Gasteiger partial charge in [-0.15, -0.1) is 11.3 Å². The van der Waals surface area contributed by atoms with Crippen molar-refractivity contribution >= 4 is 11.3 Å². The summed E-state index contributed by atoms with van der Waals surface area (Å²) in [5, 5.41) is 9.98. The Hall–Kier alpha value is -1.20. The summed E-state index contributed by atoms with van der Waals surface area (Å²) in [6.07, 6.45) is 4.75. The Bertz CT molecular complexity index is 503. The zero-order valence-electron chi connectivity index (χ0n) is 11.9. The quantitative estimate of drug-likeness (QED) is 0.847. The number of hydrogen-bond acceptors (Lipinski definition) is 4. The molecule has 1 unspecified atom stereocenters. The predicted molar refractivity (Wildman–Crippen MR) is 79.4 cm³/mol. The minimum atomic E-state index is 0.345. The molecule has 0 bridgehead atoms. The fraction of sp³-hybridized carbons (Fsp3) is 0.571. The van der Waals surface area contributed by atoms with Gasteiger partial charge in [-0.25, -0.2) is 4.98 Å². The van der Waals surface area contributed by atoms with Crippen LogP contribution in [0.2, 0.25) is 0 Å². The van der Waals surface area contributed by atoms with E-state index >= 15 is 0 Å². The van der Waals surface area contributed by atoms with Crippen molar-refractivity contribution in [3.05, 3.63) is 34.0 Å². The van der Waals surface area contributed by atoms with Crippen LogP contribution < -0.4 is 5.32 Å². The van der Waals surface area contributed by atoms with Crippen LogP contribution >= 0.6 is 11.3 Å². The highest BCUT2D eigenvalue weighted by atomic mass is 32.1. The maximum Gasteiger partial charge on any atom is 0.138 e. The first kappa shape index (κ1) is 14.2. The fourth-order valence-corrected chi connectivity index (χ4v) is 3.28. The molecule has 2 aromatic heterocycles. The van der Waals surface area contributed by atoms with Crippen molar-refractivity contribution in [1.82, 2.24) is 20.1 Å². The summed E-state index contributed by atoms with van der Waals surface area (Å²) in [5.41, 5.74) is 1.45. The number of hydrogen-bond donors (Lipinski definition) is 1. The van der Waals surface area contributed by atoms with E-state index in [4.69, 9.17) is 0 Å². The average molecular weight is 278 g/mol. The van der Waals surface area contributed by atoms with E-state index in [0.29, 0.717) is 6.04 Å². The van der Waals surface area contributed by atoms with Crippen LogP contribution in [0.3, 0.4) is 0 Å². The number of aromatic nitrogens is 3. The van der Waals surface area contributed by atoms with Crippen molar-refractivity contribution in [3.8, 4) is 0 Å². The monoisotopic (exact) mass is 278 g/mol. The molecule has 0 aliphatic rings. The fourth-order valence-electron chi connectivity index (χ4n) is 2.21. The second kappa shape index (κ2) is 6.82. The van der Waals surface area contributed by atoms with Crippen molar-refractivity contribution in [3.63, 3.8) is 0 Å². The van der Waals surface area contributed by atoms with Crippen LogP contribution in [0.1, 0.15) is 42.6 Å². The van der Waals surface area contributed by atoms with E-state index in [1.165, 1.54) is 10.4 Å². The number of nitrogens with zero attached hydrogens (tertiary/aromatic N) is 3. The molecule has 0 spiro atoms. The summed E-state index contributed by atoms with van der Waals surface area (Å²) < 4.78 is 1.86. The van der Waals surface area contributed by atoms with Crippen LogP contribution in [0.25, 0.3) is 0 Å². The van der Waals surface area contributed by atoms with Crippen molar-refractivity contribution in [2.24, 2.45) is 7.05 Å². The minimum Gasteiger partial charge on any atom is -0.309 e. The van der Waals surface area contributed by atoms with Gasteiger partial charge < -0.3 is 5.32 Å². The second-order valence-corrected chi connectivity index (χ2v) is 5.62. The van der Waals surface area contributed by atoms with Crippen LogP contribution in [0, 0.1) is 0 Å². The molecule has 0 radical (unpaired) electrons.